The van der Waals surface area contributed by atoms with Crippen LogP contribution in [0.25, 0.3) is 0 Å². The van der Waals surface area contributed by atoms with Crippen molar-refractivity contribution in [2.75, 3.05) is 26.2 Å². The number of halogens is 1. The molecule has 20 heavy (non-hydrogen) atoms. The van der Waals surface area contributed by atoms with Crippen LogP contribution in [0.3, 0.4) is 0 Å². The Bertz CT molecular complexity index is 323. The van der Waals surface area contributed by atoms with Gasteiger partial charge in [0.05, 0.1) is 12.6 Å². The van der Waals surface area contributed by atoms with Gasteiger partial charge < -0.3 is 20.6 Å². The number of hydrogen-bond donors (Lipinski definition) is 3. The summed E-state index contributed by atoms with van der Waals surface area (Å²) >= 11 is 0. The summed E-state index contributed by atoms with van der Waals surface area (Å²) < 4.78 is 0. The lowest BCUT2D eigenvalue weighted by atomic mass is 10.3. The monoisotopic (exact) mass is 398 g/mol. The van der Waals surface area contributed by atoms with Crippen molar-refractivity contribution in [3.05, 3.63) is 0 Å². The van der Waals surface area contributed by atoms with Crippen molar-refractivity contribution in [3.8, 4) is 0 Å². The first-order valence-corrected chi connectivity index (χ1v) is 7.03. The molecule has 1 aliphatic rings. The van der Waals surface area contributed by atoms with Crippen LogP contribution in [0.4, 0.5) is 0 Å². The van der Waals surface area contributed by atoms with Crippen LogP contribution < -0.4 is 10.6 Å². The number of carbonyl (C=O) groups excluding carboxylic acids is 1. The standard InChI is InChI=1S/C13H26N4O2.HI/c1-4-14-13(17-8-6-11(18)9-17)15-7-5-12(19)16-10(2)3;/h10-11,18H,4-9H2,1-3H3,(H,14,15)(H,16,19);1H/t11-;/m1./s1. The molecule has 1 atom stereocenters. The van der Waals surface area contributed by atoms with Crippen LogP contribution >= 0.6 is 24.0 Å². The van der Waals surface area contributed by atoms with E-state index in [2.05, 4.69) is 15.6 Å². The number of likely N-dealkylation sites (tertiary alicyclic amines) is 1. The van der Waals surface area contributed by atoms with Gasteiger partial charge in [-0.3, -0.25) is 9.79 Å². The summed E-state index contributed by atoms with van der Waals surface area (Å²) in [7, 11) is 0. The number of aliphatic hydroxyl groups excluding tert-OH is 1. The van der Waals surface area contributed by atoms with E-state index in [9.17, 15) is 9.90 Å². The second kappa shape index (κ2) is 10.2. The second-order valence-corrected chi connectivity index (χ2v) is 5.10. The van der Waals surface area contributed by atoms with Gasteiger partial charge in [-0.15, -0.1) is 24.0 Å². The largest absolute Gasteiger partial charge is 0.391 e. The topological polar surface area (TPSA) is 77.0 Å². The van der Waals surface area contributed by atoms with E-state index < -0.39 is 0 Å². The van der Waals surface area contributed by atoms with Crippen LogP contribution in [0.1, 0.15) is 33.6 Å². The van der Waals surface area contributed by atoms with E-state index in [0.717, 1.165) is 25.5 Å². The molecule has 0 spiro atoms. The lowest BCUT2D eigenvalue weighted by Gasteiger charge is -2.20. The number of aliphatic imine (C=N–C) groups is 1. The molecule has 1 rings (SSSR count). The van der Waals surface area contributed by atoms with Crippen LogP contribution in [-0.2, 0) is 4.79 Å². The summed E-state index contributed by atoms with van der Waals surface area (Å²) in [5.41, 5.74) is 0. The summed E-state index contributed by atoms with van der Waals surface area (Å²) in [6, 6.07) is 0.165. The molecule has 7 heteroatoms. The molecule has 0 aromatic carbocycles. The van der Waals surface area contributed by atoms with Gasteiger partial charge in [0, 0.05) is 32.1 Å². The van der Waals surface area contributed by atoms with Crippen molar-refractivity contribution in [2.24, 2.45) is 4.99 Å². The Morgan fingerprint density at radius 3 is 2.70 bits per heavy atom. The normalized spacial score (nSPS) is 18.9. The number of hydrogen-bond acceptors (Lipinski definition) is 3. The number of carbonyl (C=O) groups is 1. The molecule has 1 saturated heterocycles. The summed E-state index contributed by atoms with van der Waals surface area (Å²) in [5.74, 6) is 0.812. The summed E-state index contributed by atoms with van der Waals surface area (Å²) in [6.07, 6.45) is 0.898. The van der Waals surface area contributed by atoms with E-state index in [1.165, 1.54) is 0 Å². The third-order valence-electron chi connectivity index (χ3n) is 2.85. The quantitative estimate of drug-likeness (QED) is 0.359. The molecule has 6 nitrogen and oxygen atoms in total. The van der Waals surface area contributed by atoms with Gasteiger partial charge in [0.1, 0.15) is 0 Å². The summed E-state index contributed by atoms with van der Waals surface area (Å²) in [5, 5.41) is 15.6. The molecule has 118 valence electrons. The number of nitrogens with zero attached hydrogens (tertiary/aromatic N) is 2. The zero-order valence-corrected chi connectivity index (χ0v) is 14.9. The van der Waals surface area contributed by atoms with Crippen molar-refractivity contribution in [1.82, 2.24) is 15.5 Å². The van der Waals surface area contributed by atoms with Gasteiger partial charge in [-0.1, -0.05) is 0 Å². The first kappa shape index (κ1) is 19.4. The van der Waals surface area contributed by atoms with Crippen LogP contribution in [-0.4, -0.2) is 60.2 Å². The Labute approximate surface area is 138 Å². The van der Waals surface area contributed by atoms with E-state index in [4.69, 9.17) is 0 Å². The van der Waals surface area contributed by atoms with E-state index in [0.29, 0.717) is 19.5 Å². The number of guanidine groups is 1. The lowest BCUT2D eigenvalue weighted by Crippen LogP contribution is -2.40. The van der Waals surface area contributed by atoms with Crippen molar-refractivity contribution >= 4 is 35.8 Å². The van der Waals surface area contributed by atoms with Gasteiger partial charge in [-0.05, 0) is 27.2 Å². The fraction of sp³-hybridized carbons (Fsp3) is 0.846. The first-order chi connectivity index (χ1) is 9.02. The van der Waals surface area contributed by atoms with Gasteiger partial charge in [0.25, 0.3) is 0 Å². The SMILES string of the molecule is CCNC(=NCCC(=O)NC(C)C)N1CC[C@@H](O)C1.I. The van der Waals surface area contributed by atoms with Crippen LogP contribution in [0.2, 0.25) is 0 Å². The molecule has 1 fully saturated rings. The molecule has 0 radical (unpaired) electrons. The van der Waals surface area contributed by atoms with Crippen molar-refractivity contribution in [1.29, 1.82) is 0 Å². The number of β-amino-alcohol motifs (C(OH)–C–C–N with tert-alkyl or cyclic N) is 1. The van der Waals surface area contributed by atoms with E-state index in [-0.39, 0.29) is 42.0 Å². The van der Waals surface area contributed by atoms with Crippen molar-refractivity contribution < 1.29 is 9.90 Å². The average molecular weight is 398 g/mol. The maximum Gasteiger partial charge on any atom is 0.222 e. The molecule has 0 aromatic heterocycles. The minimum Gasteiger partial charge on any atom is -0.391 e. The highest BCUT2D eigenvalue weighted by atomic mass is 127. The number of nitrogens with one attached hydrogen (secondary N) is 2. The molecule has 3 N–H and O–H groups in total. The highest BCUT2D eigenvalue weighted by Gasteiger charge is 2.22. The maximum atomic E-state index is 11.5. The van der Waals surface area contributed by atoms with E-state index >= 15 is 0 Å². The molecule has 1 aliphatic heterocycles. The fourth-order valence-corrected chi connectivity index (χ4v) is 2.02. The minimum atomic E-state index is -0.270. The fourth-order valence-electron chi connectivity index (χ4n) is 2.02. The number of aliphatic hydroxyl groups is 1. The Kier molecular flexibility index (Phi) is 9.91. The third-order valence-corrected chi connectivity index (χ3v) is 2.85. The predicted molar refractivity (Wildman–Crippen MR) is 91.5 cm³/mol. The van der Waals surface area contributed by atoms with Crippen LogP contribution in [0, 0.1) is 0 Å². The number of amides is 1. The molecule has 0 saturated carbocycles. The molecule has 0 aliphatic carbocycles. The van der Waals surface area contributed by atoms with Crippen LogP contribution in [0.5, 0.6) is 0 Å². The van der Waals surface area contributed by atoms with Gasteiger partial charge in [-0.2, -0.15) is 0 Å². The van der Waals surface area contributed by atoms with Crippen LogP contribution in [0.15, 0.2) is 4.99 Å². The molecule has 0 bridgehead atoms. The lowest BCUT2D eigenvalue weighted by molar-refractivity contribution is -0.121. The molecule has 1 heterocycles. The predicted octanol–water partition coefficient (Wildman–Crippen LogP) is 0.551. The zero-order chi connectivity index (χ0) is 14.3. The summed E-state index contributed by atoms with van der Waals surface area (Å²) in [6.45, 7) is 8.56. The van der Waals surface area contributed by atoms with Crippen molar-refractivity contribution in [3.63, 3.8) is 0 Å². The molecule has 0 aromatic rings. The van der Waals surface area contributed by atoms with E-state index in [1.54, 1.807) is 0 Å². The van der Waals surface area contributed by atoms with Gasteiger partial charge in [-0.25, -0.2) is 0 Å². The Hall–Kier alpha value is -0.570. The average Bonchev–Trinajstić information content (AvgIpc) is 2.73. The Morgan fingerprint density at radius 2 is 2.20 bits per heavy atom. The molecule has 1 amide bonds. The first-order valence-electron chi connectivity index (χ1n) is 7.03. The van der Waals surface area contributed by atoms with Gasteiger partial charge >= 0.3 is 0 Å². The summed E-state index contributed by atoms with van der Waals surface area (Å²) in [4.78, 5) is 18.0. The second-order valence-electron chi connectivity index (χ2n) is 5.10. The Morgan fingerprint density at radius 1 is 1.50 bits per heavy atom. The highest BCUT2D eigenvalue weighted by Crippen LogP contribution is 2.08. The zero-order valence-electron chi connectivity index (χ0n) is 12.6. The Balaban J connectivity index is 0.00000361. The van der Waals surface area contributed by atoms with Gasteiger partial charge in [0.15, 0.2) is 5.96 Å². The van der Waals surface area contributed by atoms with Gasteiger partial charge in [0.2, 0.25) is 5.91 Å². The van der Waals surface area contributed by atoms with E-state index in [1.807, 2.05) is 25.7 Å². The molecular formula is C13H27IN4O2. The third kappa shape index (κ3) is 7.28. The maximum absolute atomic E-state index is 11.5. The minimum absolute atomic E-state index is 0. The molecule has 0 unspecified atom stereocenters. The van der Waals surface area contributed by atoms with Crippen molar-refractivity contribution in [2.45, 2.75) is 45.8 Å². The smallest absolute Gasteiger partial charge is 0.222 e. The molecular weight excluding hydrogens is 371 g/mol. The number of rotatable bonds is 5. The highest BCUT2D eigenvalue weighted by molar-refractivity contribution is 14.0.